The van der Waals surface area contributed by atoms with Gasteiger partial charge in [0.05, 0.1) is 198 Å². The molecule has 0 radical (unpaired) electrons. The van der Waals surface area contributed by atoms with Gasteiger partial charge in [0.15, 0.2) is 11.2 Å². The average molecular weight is 1920 g/mol. The highest BCUT2D eigenvalue weighted by Crippen LogP contribution is 2.38. The van der Waals surface area contributed by atoms with E-state index in [1.165, 1.54) is 0 Å². The second-order valence-corrected chi connectivity index (χ2v) is 34.0. The highest BCUT2D eigenvalue weighted by Gasteiger charge is 2.61. The molecule has 50 nitrogen and oxygen atoms in total. The molecule has 760 valence electrons. The van der Waals surface area contributed by atoms with Crippen LogP contribution in [0.5, 0.6) is 0 Å². The molecule has 0 spiro atoms. The minimum atomic E-state index is -3.66. The second-order valence-electron chi connectivity index (χ2n) is 34.0. The Morgan fingerprint density at radius 3 is 0.812 bits per heavy atom. The summed E-state index contributed by atoms with van der Waals surface area (Å²) in [5.41, 5.74) is -35.2. The molecule has 3 aromatic carbocycles. The molecular weight excluding hydrogens is 1780 g/mol. The van der Waals surface area contributed by atoms with E-state index in [0.717, 1.165) is 27.1 Å². The molecule has 1 atom stereocenters. The van der Waals surface area contributed by atoms with E-state index in [-0.39, 0.29) is 45.3 Å². The van der Waals surface area contributed by atoms with E-state index in [1.807, 2.05) is 97.1 Å². The standard InChI is InChI=1S/C83H137N9O41/c93-26-72(27-94,28-95)24-61(120)81(62(121)85-73(29-96,30-97)31-98,63(122)86-74(32-99,33-100)34-101)17-21-131-54-71(15-8-2-1-3-9-19-84-70(129)133-25-60-58-13-6-4-11-56(58)23-57-12-5-7-14-59(57)60,55-132-22-18-83(67(126)90-78(44-111,45-112)46-113,68(127)91-79(47-114,48-115)49-116)69(128)92-80(50-117,51-118)52-119)53-130-20-10-16-82(64(123)87-75(35-102,36-103)37-104,65(124)88-76(38-105,39-106)40-107)66(125)89-77(41-108,42-109)43-110/h4-7,11-14,23,93-119H,1-3,8-10,15-22,24-55H2,(H,84,129)(H,85,121)(H,86,122)(H,87,123)(H,88,124)(H,89,125)(H,90,126)(H,91,127)(H,92,128). The quantitative estimate of drug-likeness (QED) is 0.0142. The van der Waals surface area contributed by atoms with Crippen LogP contribution in [0.3, 0.4) is 0 Å². The third kappa shape index (κ3) is 29.1. The fourth-order valence-corrected chi connectivity index (χ4v) is 13.7. The van der Waals surface area contributed by atoms with E-state index in [2.05, 4.69) is 5.32 Å². The summed E-state index contributed by atoms with van der Waals surface area (Å²) in [6, 6.07) is 16.9. The Hall–Kier alpha value is -8.32. The Balaban J connectivity index is 2.61. The minimum absolute atomic E-state index is 0.0316. The van der Waals surface area contributed by atoms with Crippen LogP contribution in [-0.2, 0) is 68.7 Å². The summed E-state index contributed by atoms with van der Waals surface area (Å²) in [6.07, 6.45) is -6.59. The van der Waals surface area contributed by atoms with Crippen LogP contribution in [0, 0.1) is 27.1 Å². The third-order valence-corrected chi connectivity index (χ3v) is 24.1. The smallest absolute Gasteiger partial charge is 0.407 e. The maximum Gasteiger partial charge on any atom is 0.407 e. The lowest BCUT2D eigenvalue weighted by atomic mass is 9.71. The molecule has 3 aromatic rings. The summed E-state index contributed by atoms with van der Waals surface area (Å²) in [7, 11) is 0. The number of unbranched alkanes of at least 4 members (excludes halogenated alkanes) is 4. The molecule has 0 aliphatic rings. The molecule has 50 heteroatoms. The molecule has 0 aromatic heterocycles. The maximum absolute atomic E-state index is 15.4. The van der Waals surface area contributed by atoms with Crippen molar-refractivity contribution in [1.82, 2.24) is 47.9 Å². The molecule has 3 rings (SSSR count). The molecule has 0 heterocycles. The number of hydrogen-bond acceptors (Lipinski definition) is 41. The molecule has 133 heavy (non-hydrogen) atoms. The van der Waals surface area contributed by atoms with Crippen molar-refractivity contribution in [3.8, 4) is 0 Å². The zero-order chi connectivity index (χ0) is 100. The van der Waals surface area contributed by atoms with Crippen molar-refractivity contribution in [3.63, 3.8) is 0 Å². The van der Waals surface area contributed by atoms with Crippen molar-refractivity contribution in [1.29, 1.82) is 0 Å². The lowest BCUT2D eigenvalue weighted by Crippen LogP contribution is -2.71. The van der Waals surface area contributed by atoms with Crippen molar-refractivity contribution < 1.29 is 205 Å². The van der Waals surface area contributed by atoms with Gasteiger partial charge in [-0.05, 0) is 53.3 Å². The van der Waals surface area contributed by atoms with Gasteiger partial charge < -0.3 is 205 Å². The number of aliphatic hydroxyl groups is 27. The molecule has 9 amide bonds. The molecule has 0 aliphatic heterocycles. The lowest BCUT2D eigenvalue weighted by molar-refractivity contribution is -0.162. The summed E-state index contributed by atoms with van der Waals surface area (Å²) < 4.78 is 24.8. The minimum Gasteiger partial charge on any atom is -0.445 e. The van der Waals surface area contributed by atoms with E-state index in [0.29, 0.717) is 6.42 Å². The normalized spacial score (nSPS) is 13.4. The Bertz CT molecular complexity index is 3600. The van der Waals surface area contributed by atoms with Crippen LogP contribution < -0.4 is 47.9 Å². The summed E-state index contributed by atoms with van der Waals surface area (Å²) in [5, 5.41) is 306. The van der Waals surface area contributed by atoms with Gasteiger partial charge >= 0.3 is 6.09 Å². The fourth-order valence-electron chi connectivity index (χ4n) is 13.7. The number of ketones is 1. The van der Waals surface area contributed by atoms with Gasteiger partial charge in [-0.2, -0.15) is 0 Å². The summed E-state index contributed by atoms with van der Waals surface area (Å²) in [5.74, 6) is -16.9. The highest BCUT2D eigenvalue weighted by atomic mass is 16.5. The maximum atomic E-state index is 15.4. The zero-order valence-electron chi connectivity index (χ0n) is 74.0. The molecule has 0 saturated carbocycles. The first-order chi connectivity index (χ1) is 63.3. The highest BCUT2D eigenvalue weighted by molar-refractivity contribution is 6.25. The number of carbonyl (C=O) groups is 10. The van der Waals surface area contributed by atoms with Gasteiger partial charge in [0, 0.05) is 62.0 Å². The molecule has 0 bridgehead atoms. The third-order valence-electron chi connectivity index (χ3n) is 24.1. The number of ether oxygens (including phenoxy) is 4. The van der Waals surface area contributed by atoms with Gasteiger partial charge in [-0.3, -0.25) is 43.2 Å². The first-order valence-electron chi connectivity index (χ1n) is 42.5. The number of carbonyl (C=O) groups excluding carboxylic acids is 10. The number of benzene rings is 3. The van der Waals surface area contributed by atoms with E-state index in [1.54, 1.807) is 0 Å². The summed E-state index contributed by atoms with van der Waals surface area (Å²) in [4.78, 5) is 151. The van der Waals surface area contributed by atoms with Crippen LogP contribution in [0.2, 0.25) is 0 Å². The monoisotopic (exact) mass is 1920 g/mol. The molecule has 36 N–H and O–H groups in total. The van der Waals surface area contributed by atoms with Crippen molar-refractivity contribution in [2.75, 3.05) is 225 Å². The van der Waals surface area contributed by atoms with Crippen molar-refractivity contribution >= 4 is 80.7 Å². The van der Waals surface area contributed by atoms with Crippen LogP contribution >= 0.6 is 0 Å². The number of nitrogens with one attached hydrogen (secondary N) is 9. The summed E-state index contributed by atoms with van der Waals surface area (Å²) >= 11 is 0. The second kappa shape index (κ2) is 55.8. The largest absolute Gasteiger partial charge is 0.445 e. The summed E-state index contributed by atoms with van der Waals surface area (Å²) in [6.45, 7) is -43.3. The topological polar surface area (TPSA) is 862 Å². The molecule has 1 unspecified atom stereocenters. The van der Waals surface area contributed by atoms with Crippen LogP contribution in [0.15, 0.2) is 54.6 Å². The molecular formula is C83H137N9O41. The molecule has 0 aliphatic carbocycles. The van der Waals surface area contributed by atoms with Gasteiger partial charge in [-0.25, -0.2) is 4.79 Å². The van der Waals surface area contributed by atoms with Crippen LogP contribution in [0.4, 0.5) is 4.79 Å². The Labute approximate surface area is 763 Å². The van der Waals surface area contributed by atoms with Crippen LogP contribution in [-0.4, -0.2) is 466 Å². The van der Waals surface area contributed by atoms with Crippen molar-refractivity contribution in [3.05, 3.63) is 60.2 Å². The first-order valence-corrected chi connectivity index (χ1v) is 42.5. The first kappa shape index (κ1) is 119. The van der Waals surface area contributed by atoms with Crippen molar-refractivity contribution in [2.24, 2.45) is 27.1 Å². The van der Waals surface area contributed by atoms with Gasteiger partial charge in [0.1, 0.15) is 50.9 Å². The number of aliphatic hydroxyl groups excluding tert-OH is 27. The zero-order valence-corrected chi connectivity index (χ0v) is 74.0. The van der Waals surface area contributed by atoms with Gasteiger partial charge in [0.25, 0.3) is 0 Å². The SMILES string of the molecule is O=C(NCCCCCCCC(COCCCC(C(=O)NC(CO)(CO)CO)(C(=O)NC(CO)(CO)CO)C(=O)NC(CO)(CO)CO)(COCCC(C(=O)CC(CO)(CO)CO)(C(=O)NC(CO)(CO)CO)C(=O)NC(CO)(CO)CO)COCCC(C(=O)NC(CO)(CO)CO)(C(=O)NC(CO)(CO)CO)C(=O)NC(CO)(CO)CO)OCc1c2ccccc2cc2ccccc12. The predicted octanol–water partition coefficient (Wildman–Crippen LogP) is -15.3. The number of rotatable bonds is 72. The lowest BCUT2D eigenvalue weighted by Gasteiger charge is -2.40. The number of Topliss-reactive ketones (excluding diaryl/α,β-unsaturated/α-hetero) is 1. The van der Waals surface area contributed by atoms with Gasteiger partial charge in [-0.1, -0.05) is 74.2 Å². The Morgan fingerprint density at radius 1 is 0.263 bits per heavy atom. The number of alkyl carbamates (subject to hydrolysis) is 1. The molecule has 0 saturated heterocycles. The van der Waals surface area contributed by atoms with Crippen molar-refractivity contribution in [2.45, 2.75) is 122 Å². The number of fused-ring (bicyclic) bond motifs is 2. The van der Waals surface area contributed by atoms with Gasteiger partial charge in [0.2, 0.25) is 58.1 Å². The predicted molar refractivity (Wildman–Crippen MR) is 458 cm³/mol. The Kier molecular flexibility index (Phi) is 49.8. The van der Waals surface area contributed by atoms with E-state index in [4.69, 9.17) is 18.9 Å². The van der Waals surface area contributed by atoms with E-state index < -0.39 is 381 Å². The van der Waals surface area contributed by atoms with Crippen LogP contribution in [0.25, 0.3) is 21.5 Å². The van der Waals surface area contributed by atoms with E-state index >= 15 is 43.2 Å². The molecule has 0 fully saturated rings. The van der Waals surface area contributed by atoms with E-state index in [9.17, 15) is 143 Å². The number of hydrogen-bond donors (Lipinski definition) is 36. The number of amides is 9. The van der Waals surface area contributed by atoms with Gasteiger partial charge in [-0.15, -0.1) is 0 Å². The fraction of sp³-hybridized carbons (Fsp3) is 0.711. The average Bonchev–Trinajstić information content (AvgIpc) is 0.763. The van der Waals surface area contributed by atoms with Crippen LogP contribution in [0.1, 0.15) is 76.2 Å². The Morgan fingerprint density at radius 2 is 0.519 bits per heavy atom.